The van der Waals surface area contributed by atoms with E-state index in [0.29, 0.717) is 0 Å². The minimum Gasteiger partial charge on any atom is -0.655 e. The topological polar surface area (TPSA) is 44.0 Å². The molecule has 0 rings (SSSR count). The van der Waals surface area contributed by atoms with Crippen LogP contribution in [0, 0.1) is 0 Å². The molecule has 0 aromatic heterocycles. The first-order valence-corrected chi connectivity index (χ1v) is 0.670. The van der Waals surface area contributed by atoms with Gasteiger partial charge in [-0.15, -0.1) is 0 Å². The zero-order valence-electron chi connectivity index (χ0n) is 1.99. The molecule has 0 aliphatic carbocycles. The molecule has 2 nitrogen and oxygen atoms in total. The quantitative estimate of drug-likeness (QED) is 0.462. The molecule has 3 heteroatoms. The number of hydrogen-bond donors (Lipinski definition) is 1. The van der Waals surface area contributed by atoms with Crippen molar-refractivity contribution in [2.24, 2.45) is 0 Å². The van der Waals surface area contributed by atoms with Gasteiger partial charge in [0.2, 0.25) is 0 Å². The van der Waals surface area contributed by atoms with Crippen molar-refractivity contribution in [3.05, 3.63) is 5.73 Å². The minimum absolute atomic E-state index is 0. The van der Waals surface area contributed by atoms with Crippen molar-refractivity contribution < 1.29 is 21.9 Å². The number of rotatable bonds is 0. The van der Waals surface area contributed by atoms with Gasteiger partial charge in [0.25, 0.3) is 0 Å². The van der Waals surface area contributed by atoms with Crippen LogP contribution >= 0.6 is 0 Å². The van der Waals surface area contributed by atoms with Gasteiger partial charge in [-0.05, 0) is 6.73 Å². The third-order valence-electron chi connectivity index (χ3n) is 0. The summed E-state index contributed by atoms with van der Waals surface area (Å²) in [5, 5.41) is 7.24. The Hall–Kier alpha value is 0.426. The van der Waals surface area contributed by atoms with Gasteiger partial charge in [0.1, 0.15) is 0 Å². The minimum atomic E-state index is -0.500. The smallest absolute Gasteiger partial charge is 0 e. The Morgan fingerprint density at radius 2 is 1.75 bits per heavy atom. The summed E-state index contributed by atoms with van der Waals surface area (Å²) < 4.78 is 0. The Bertz CT molecular complexity index is 8.00. The van der Waals surface area contributed by atoms with Crippen molar-refractivity contribution in [2.45, 2.75) is 0 Å². The molecule has 0 fully saturated rings. The van der Waals surface area contributed by atoms with Crippen LogP contribution in [-0.2, 0) is 16.8 Å². The summed E-state index contributed by atoms with van der Waals surface area (Å²) in [5.41, 5.74) is 5.76. The molecule has 0 atom stereocenters. The molecule has 4 heavy (non-hydrogen) atoms. The predicted molar refractivity (Wildman–Crippen MR) is 11.4 cm³/mol. The molecule has 0 saturated carbocycles. The van der Waals surface area contributed by atoms with Gasteiger partial charge in [-0.25, -0.2) is 0 Å². The molecule has 1 radical (unpaired) electrons. The van der Waals surface area contributed by atoms with E-state index in [4.69, 9.17) is 10.8 Å². The van der Waals surface area contributed by atoms with Gasteiger partial charge in [0.05, 0.1) is 0 Å². The maximum atomic E-state index is 7.24. The van der Waals surface area contributed by atoms with E-state index in [-0.39, 0.29) is 16.8 Å². The van der Waals surface area contributed by atoms with Crippen LogP contribution in [0.5, 0.6) is 0 Å². The van der Waals surface area contributed by atoms with Gasteiger partial charge in [-0.2, -0.15) is 0 Å². The fraction of sp³-hybridized carbons (Fsp3) is 1.00. The van der Waals surface area contributed by atoms with E-state index in [0.717, 1.165) is 0 Å². The van der Waals surface area contributed by atoms with Crippen molar-refractivity contribution in [3.8, 4) is 0 Å². The van der Waals surface area contributed by atoms with E-state index in [1.807, 2.05) is 0 Å². The van der Waals surface area contributed by atoms with E-state index < -0.39 is 6.73 Å². The molecule has 0 aromatic rings. The average Bonchev–Trinajstić information content (AvgIpc) is 0.918. The SMILES string of the molecule is [Co].[NH-]CO. The van der Waals surface area contributed by atoms with E-state index in [2.05, 4.69) is 0 Å². The van der Waals surface area contributed by atoms with Crippen molar-refractivity contribution in [2.75, 3.05) is 6.73 Å². The van der Waals surface area contributed by atoms with Gasteiger partial charge in [-0.1, -0.05) is 0 Å². The normalized spacial score (nSPS) is 4.50. The van der Waals surface area contributed by atoms with Crippen molar-refractivity contribution in [1.29, 1.82) is 0 Å². The number of nitrogens with one attached hydrogen (secondary N) is 1. The second-order valence-corrected chi connectivity index (χ2v) is 0.158. The first-order chi connectivity index (χ1) is 1.41. The third kappa shape index (κ3) is 27.1. The summed E-state index contributed by atoms with van der Waals surface area (Å²) in [6, 6.07) is 0. The Kier molecular flexibility index (Phi) is 21.9. The summed E-state index contributed by atoms with van der Waals surface area (Å²) in [7, 11) is 0. The molecular formula is CH4CoNO-. The van der Waals surface area contributed by atoms with Crippen LogP contribution in [-0.4, -0.2) is 11.8 Å². The molecule has 0 heterocycles. The maximum absolute atomic E-state index is 7.24. The molecule has 0 aliphatic heterocycles. The Balaban J connectivity index is 0. The Morgan fingerprint density at radius 1 is 1.75 bits per heavy atom. The second kappa shape index (κ2) is 9.91. The van der Waals surface area contributed by atoms with Crippen LogP contribution in [0.3, 0.4) is 0 Å². The average molecular weight is 105 g/mol. The van der Waals surface area contributed by atoms with E-state index in [9.17, 15) is 0 Å². The zero-order valence-corrected chi connectivity index (χ0v) is 3.03. The molecule has 2 N–H and O–H groups in total. The Morgan fingerprint density at radius 3 is 1.75 bits per heavy atom. The first-order valence-electron chi connectivity index (χ1n) is 0.670. The van der Waals surface area contributed by atoms with Crippen LogP contribution in [0.4, 0.5) is 0 Å². The molecule has 0 unspecified atom stereocenters. The molecule has 0 saturated heterocycles. The summed E-state index contributed by atoms with van der Waals surface area (Å²) in [6.45, 7) is -0.500. The molecule has 0 spiro atoms. The van der Waals surface area contributed by atoms with Crippen LogP contribution in [0.2, 0.25) is 0 Å². The summed E-state index contributed by atoms with van der Waals surface area (Å²) in [4.78, 5) is 0. The third-order valence-corrected chi connectivity index (χ3v) is 0. The number of hydrogen-bond acceptors (Lipinski definition) is 1. The Labute approximate surface area is 35.2 Å². The molecular weight excluding hydrogens is 101 g/mol. The predicted octanol–water partition coefficient (Wildman–Crippen LogP) is -0.0141. The van der Waals surface area contributed by atoms with E-state index >= 15 is 0 Å². The summed E-state index contributed by atoms with van der Waals surface area (Å²) in [6.07, 6.45) is 0. The standard InChI is InChI=1S/CH4NO.Co/c2-1-3;/h2-3H,1H2;/q-1;. The van der Waals surface area contributed by atoms with Crippen molar-refractivity contribution in [1.82, 2.24) is 0 Å². The van der Waals surface area contributed by atoms with Crippen molar-refractivity contribution in [3.63, 3.8) is 0 Å². The van der Waals surface area contributed by atoms with Crippen LogP contribution in [0.1, 0.15) is 0 Å². The van der Waals surface area contributed by atoms with Crippen LogP contribution < -0.4 is 0 Å². The molecule has 29 valence electrons. The van der Waals surface area contributed by atoms with Crippen LogP contribution in [0.25, 0.3) is 5.73 Å². The fourth-order valence-corrected chi connectivity index (χ4v) is 0. The monoisotopic (exact) mass is 105 g/mol. The van der Waals surface area contributed by atoms with E-state index in [1.165, 1.54) is 0 Å². The number of aliphatic hydroxyl groups excluding tert-OH is 1. The molecule has 0 aromatic carbocycles. The molecule has 0 bridgehead atoms. The summed E-state index contributed by atoms with van der Waals surface area (Å²) >= 11 is 0. The molecule has 0 aliphatic rings. The zero-order chi connectivity index (χ0) is 2.71. The van der Waals surface area contributed by atoms with Gasteiger partial charge < -0.3 is 10.8 Å². The van der Waals surface area contributed by atoms with Crippen LogP contribution in [0.15, 0.2) is 0 Å². The van der Waals surface area contributed by atoms with Gasteiger partial charge >= 0.3 is 0 Å². The summed E-state index contributed by atoms with van der Waals surface area (Å²) in [5.74, 6) is 0. The van der Waals surface area contributed by atoms with E-state index in [1.54, 1.807) is 0 Å². The first kappa shape index (κ1) is 8.83. The molecule has 0 amide bonds. The van der Waals surface area contributed by atoms with Crippen molar-refractivity contribution >= 4 is 0 Å². The fourth-order valence-electron chi connectivity index (χ4n) is 0. The van der Waals surface area contributed by atoms with Gasteiger partial charge in [0, 0.05) is 16.8 Å². The largest absolute Gasteiger partial charge is 0.655 e. The van der Waals surface area contributed by atoms with Gasteiger partial charge in [0.15, 0.2) is 0 Å². The maximum Gasteiger partial charge on any atom is 0 e. The number of aliphatic hydroxyl groups is 1. The van der Waals surface area contributed by atoms with Gasteiger partial charge in [-0.3, -0.25) is 0 Å². The second-order valence-electron chi connectivity index (χ2n) is 0.158.